The van der Waals surface area contributed by atoms with Crippen LogP contribution in [0.25, 0.3) is 0 Å². The van der Waals surface area contributed by atoms with Crippen molar-refractivity contribution in [2.24, 2.45) is 16.5 Å². The summed E-state index contributed by atoms with van der Waals surface area (Å²) < 4.78 is 0. The maximum absolute atomic E-state index is 6.02. The van der Waals surface area contributed by atoms with E-state index in [2.05, 4.69) is 9.98 Å². The summed E-state index contributed by atoms with van der Waals surface area (Å²) in [6.45, 7) is 0. The van der Waals surface area contributed by atoms with Gasteiger partial charge in [0.15, 0.2) is 0 Å². The van der Waals surface area contributed by atoms with E-state index in [1.54, 1.807) is 6.20 Å². The molecule has 4 N–H and O–H groups in total. The van der Waals surface area contributed by atoms with Gasteiger partial charge in [-0.3, -0.25) is 9.98 Å². The molecule has 1 aliphatic rings. The molecular weight excluding hydrogens is 200 g/mol. The van der Waals surface area contributed by atoms with Gasteiger partial charge in [-0.25, -0.2) is 0 Å². The molecule has 4 nitrogen and oxygen atoms in total. The molecule has 1 saturated carbocycles. The largest absolute Gasteiger partial charge is 0.382 e. The minimum absolute atomic E-state index is 0.149. The zero-order valence-corrected chi connectivity index (χ0v) is 9.34. The number of aromatic nitrogens is 1. The van der Waals surface area contributed by atoms with Crippen LogP contribution in [0.4, 0.5) is 0 Å². The molecule has 0 radical (unpaired) electrons. The highest BCUT2D eigenvalue weighted by atomic mass is 15.0. The second kappa shape index (κ2) is 5.07. The number of rotatable bonds is 2. The molecule has 1 heterocycles. The van der Waals surface area contributed by atoms with Gasteiger partial charge in [-0.1, -0.05) is 18.9 Å². The van der Waals surface area contributed by atoms with Crippen LogP contribution in [0.5, 0.6) is 0 Å². The Kier molecular flexibility index (Phi) is 3.51. The van der Waals surface area contributed by atoms with E-state index in [1.165, 1.54) is 12.8 Å². The van der Waals surface area contributed by atoms with E-state index in [4.69, 9.17) is 11.5 Å². The second-order valence-corrected chi connectivity index (χ2v) is 4.24. The molecule has 1 fully saturated rings. The first-order chi connectivity index (χ1) is 7.77. The quantitative estimate of drug-likeness (QED) is 0.575. The monoisotopic (exact) mass is 218 g/mol. The molecule has 0 unspecified atom stereocenters. The summed E-state index contributed by atoms with van der Waals surface area (Å²) in [4.78, 5) is 8.67. The van der Waals surface area contributed by atoms with Gasteiger partial charge >= 0.3 is 0 Å². The second-order valence-electron chi connectivity index (χ2n) is 4.24. The third-order valence-electron chi connectivity index (χ3n) is 3.01. The van der Waals surface area contributed by atoms with Gasteiger partial charge < -0.3 is 11.5 Å². The Labute approximate surface area is 95.8 Å². The van der Waals surface area contributed by atoms with Crippen molar-refractivity contribution in [2.75, 3.05) is 0 Å². The third-order valence-corrected chi connectivity index (χ3v) is 3.01. The van der Waals surface area contributed by atoms with Gasteiger partial charge in [0, 0.05) is 12.2 Å². The van der Waals surface area contributed by atoms with Crippen LogP contribution < -0.4 is 11.5 Å². The predicted molar refractivity (Wildman–Crippen MR) is 65.2 cm³/mol. The molecule has 1 aliphatic carbocycles. The Bertz CT molecular complexity index is 361. The Morgan fingerprint density at radius 2 is 2.12 bits per heavy atom. The Hall–Kier alpha value is -1.42. The predicted octanol–water partition coefficient (Wildman–Crippen LogP) is 1.06. The first kappa shape index (κ1) is 11.1. The molecule has 0 aromatic carbocycles. The molecule has 0 amide bonds. The SMILES string of the molecule is NC(=N[C@@H]1CCCC[C@@H]1N)c1ccccn1. The Morgan fingerprint density at radius 1 is 1.31 bits per heavy atom. The van der Waals surface area contributed by atoms with Crippen LogP contribution in [0.3, 0.4) is 0 Å². The molecule has 0 aliphatic heterocycles. The lowest BCUT2D eigenvalue weighted by atomic mass is 9.91. The van der Waals surface area contributed by atoms with Crippen molar-refractivity contribution >= 4 is 5.84 Å². The highest BCUT2D eigenvalue weighted by molar-refractivity contribution is 5.95. The van der Waals surface area contributed by atoms with E-state index < -0.39 is 0 Å². The molecule has 1 aromatic heterocycles. The highest BCUT2D eigenvalue weighted by Crippen LogP contribution is 2.19. The van der Waals surface area contributed by atoms with Gasteiger partial charge in [0.25, 0.3) is 0 Å². The summed E-state index contributed by atoms with van der Waals surface area (Å²) in [6, 6.07) is 5.95. The van der Waals surface area contributed by atoms with Gasteiger partial charge in [0.2, 0.25) is 0 Å². The van der Waals surface area contributed by atoms with Gasteiger partial charge in [-0.15, -0.1) is 0 Å². The lowest BCUT2D eigenvalue weighted by molar-refractivity contribution is 0.386. The smallest absolute Gasteiger partial charge is 0.144 e. The molecule has 0 spiro atoms. The van der Waals surface area contributed by atoms with Crippen molar-refractivity contribution in [3.05, 3.63) is 30.1 Å². The maximum Gasteiger partial charge on any atom is 0.144 e. The number of hydrogen-bond acceptors (Lipinski definition) is 3. The highest BCUT2D eigenvalue weighted by Gasteiger charge is 2.21. The molecule has 4 heteroatoms. The van der Waals surface area contributed by atoms with Crippen molar-refractivity contribution in [3.8, 4) is 0 Å². The van der Waals surface area contributed by atoms with Crippen LogP contribution >= 0.6 is 0 Å². The number of nitrogens with zero attached hydrogens (tertiary/aromatic N) is 2. The Morgan fingerprint density at radius 3 is 2.81 bits per heavy atom. The number of hydrogen-bond donors (Lipinski definition) is 2. The van der Waals surface area contributed by atoms with Crippen LogP contribution in [0.2, 0.25) is 0 Å². The van der Waals surface area contributed by atoms with E-state index in [-0.39, 0.29) is 12.1 Å². The fourth-order valence-corrected chi connectivity index (χ4v) is 2.06. The summed E-state index contributed by atoms with van der Waals surface area (Å²) in [7, 11) is 0. The Balaban J connectivity index is 2.11. The van der Waals surface area contributed by atoms with Crippen LogP contribution in [0.1, 0.15) is 31.4 Å². The third kappa shape index (κ3) is 2.58. The number of pyridine rings is 1. The molecule has 16 heavy (non-hydrogen) atoms. The van der Waals surface area contributed by atoms with Crippen LogP contribution in [-0.4, -0.2) is 22.9 Å². The van der Waals surface area contributed by atoms with Crippen molar-refractivity contribution in [1.82, 2.24) is 4.98 Å². The summed E-state index contributed by atoms with van der Waals surface area (Å²) >= 11 is 0. The summed E-state index contributed by atoms with van der Waals surface area (Å²) in [5, 5.41) is 0. The lowest BCUT2D eigenvalue weighted by Gasteiger charge is -2.25. The van der Waals surface area contributed by atoms with Crippen LogP contribution in [0, 0.1) is 0 Å². The zero-order valence-electron chi connectivity index (χ0n) is 9.34. The first-order valence-electron chi connectivity index (χ1n) is 5.77. The van der Waals surface area contributed by atoms with Crippen LogP contribution in [0.15, 0.2) is 29.4 Å². The number of nitrogens with two attached hydrogens (primary N) is 2. The van der Waals surface area contributed by atoms with Crippen molar-refractivity contribution < 1.29 is 0 Å². The molecule has 0 saturated heterocycles. The van der Waals surface area contributed by atoms with E-state index in [1.807, 2.05) is 18.2 Å². The van der Waals surface area contributed by atoms with E-state index in [0.29, 0.717) is 5.84 Å². The molecular formula is C12H18N4. The number of amidine groups is 1. The maximum atomic E-state index is 6.02. The fraction of sp³-hybridized carbons (Fsp3) is 0.500. The van der Waals surface area contributed by atoms with E-state index >= 15 is 0 Å². The fourth-order valence-electron chi connectivity index (χ4n) is 2.06. The average Bonchev–Trinajstić information content (AvgIpc) is 2.33. The number of aliphatic imine (C=N–C) groups is 1. The minimum atomic E-state index is 0.149. The standard InChI is InChI=1S/C12H18N4/c13-9-5-1-2-6-10(9)16-12(14)11-7-3-4-8-15-11/h3-4,7-10H,1-2,5-6,13H2,(H2,14,16)/t9-,10+/m0/s1. The van der Waals surface area contributed by atoms with Crippen molar-refractivity contribution in [3.63, 3.8) is 0 Å². The van der Waals surface area contributed by atoms with Gasteiger partial charge in [-0.05, 0) is 25.0 Å². The minimum Gasteiger partial charge on any atom is -0.382 e. The average molecular weight is 218 g/mol. The molecule has 2 rings (SSSR count). The van der Waals surface area contributed by atoms with Gasteiger partial charge in [0.1, 0.15) is 11.5 Å². The molecule has 0 bridgehead atoms. The van der Waals surface area contributed by atoms with Crippen LogP contribution in [-0.2, 0) is 0 Å². The van der Waals surface area contributed by atoms with E-state index in [0.717, 1.165) is 18.5 Å². The lowest BCUT2D eigenvalue weighted by Crippen LogP contribution is -2.37. The molecule has 1 aromatic rings. The topological polar surface area (TPSA) is 77.3 Å². The van der Waals surface area contributed by atoms with Crippen molar-refractivity contribution in [1.29, 1.82) is 0 Å². The normalized spacial score (nSPS) is 26.7. The van der Waals surface area contributed by atoms with Gasteiger partial charge in [-0.2, -0.15) is 0 Å². The van der Waals surface area contributed by atoms with Crippen molar-refractivity contribution in [2.45, 2.75) is 37.8 Å². The summed E-state index contributed by atoms with van der Waals surface area (Å²) in [5.74, 6) is 0.503. The first-order valence-corrected chi connectivity index (χ1v) is 5.77. The summed E-state index contributed by atoms with van der Waals surface area (Å²) in [5.41, 5.74) is 12.7. The van der Waals surface area contributed by atoms with E-state index in [9.17, 15) is 0 Å². The van der Waals surface area contributed by atoms with Gasteiger partial charge in [0.05, 0.1) is 6.04 Å². The molecule has 86 valence electrons. The zero-order chi connectivity index (χ0) is 11.4. The molecule has 2 atom stereocenters. The summed E-state index contributed by atoms with van der Waals surface area (Å²) in [6.07, 6.45) is 6.20.